The molecule has 0 aromatic heterocycles. The molecular formula is C7H16OPo. The fraction of sp³-hybridized carbons (Fsp3) is 0.857. The van der Waals surface area contributed by atoms with E-state index in [0.29, 0.717) is 0 Å². The molecule has 0 aliphatic carbocycles. The van der Waals surface area contributed by atoms with Crippen molar-refractivity contribution in [3.05, 3.63) is 0 Å². The summed E-state index contributed by atoms with van der Waals surface area (Å²) in [6.45, 7) is 2.17. The fourth-order valence-electron chi connectivity index (χ4n) is 0.654. The molecule has 0 fully saturated rings. The molecular weight excluding hydrogens is 309 g/mol. The summed E-state index contributed by atoms with van der Waals surface area (Å²) in [5, 5.41) is 0. The third-order valence-corrected chi connectivity index (χ3v) is 1.18. The van der Waals surface area contributed by atoms with Gasteiger partial charge in [0, 0.05) is 6.42 Å². The Bertz CT molecular complexity index is 54.9. The minimum absolute atomic E-state index is 0. The minimum atomic E-state index is 0. The average Bonchev–Trinajstić information content (AvgIpc) is 1.81. The zero-order valence-electron chi connectivity index (χ0n) is 6.02. The van der Waals surface area contributed by atoms with Crippen molar-refractivity contribution in [3.8, 4) is 0 Å². The number of aldehydes is 1. The predicted octanol–water partition coefficient (Wildman–Crippen LogP) is 1.24. The number of unbranched alkanes of at least 4 members (excludes halogenated alkanes) is 4. The fourth-order valence-corrected chi connectivity index (χ4v) is 0.654. The van der Waals surface area contributed by atoms with Gasteiger partial charge in [0.1, 0.15) is 6.29 Å². The second-order valence-electron chi connectivity index (χ2n) is 2.02. The van der Waals surface area contributed by atoms with E-state index in [-0.39, 0.29) is 26.6 Å². The molecule has 2 heteroatoms. The van der Waals surface area contributed by atoms with Gasteiger partial charge in [0.05, 0.1) is 0 Å². The first kappa shape index (κ1) is 12.3. The van der Waals surface area contributed by atoms with E-state index < -0.39 is 0 Å². The Kier molecular flexibility index (Phi) is 15.5. The molecule has 0 saturated heterocycles. The molecule has 0 amide bonds. The maximum atomic E-state index is 9.77. The van der Waals surface area contributed by atoms with Crippen molar-refractivity contribution >= 4 is 32.9 Å². The Labute approximate surface area is 76.7 Å². The summed E-state index contributed by atoms with van der Waals surface area (Å²) in [5.74, 6) is 0. The molecule has 0 unspecified atom stereocenters. The van der Waals surface area contributed by atoms with Gasteiger partial charge < -0.3 is 4.79 Å². The van der Waals surface area contributed by atoms with E-state index in [0.717, 1.165) is 19.1 Å². The van der Waals surface area contributed by atoms with E-state index >= 15 is 0 Å². The van der Waals surface area contributed by atoms with Crippen molar-refractivity contribution in [3.63, 3.8) is 0 Å². The molecule has 0 N–H and O–H groups in total. The summed E-state index contributed by atoms with van der Waals surface area (Å²) in [4.78, 5) is 9.77. The summed E-state index contributed by atoms with van der Waals surface area (Å²) >= 11 is 0. The molecule has 0 rings (SSSR count). The summed E-state index contributed by atoms with van der Waals surface area (Å²) in [5.41, 5.74) is 0. The molecule has 0 spiro atoms. The van der Waals surface area contributed by atoms with Gasteiger partial charge in [-0.25, -0.2) is 0 Å². The normalized spacial score (nSPS) is 8.11. The van der Waals surface area contributed by atoms with Gasteiger partial charge in [-0.1, -0.05) is 26.2 Å². The van der Waals surface area contributed by atoms with E-state index in [9.17, 15) is 4.79 Å². The van der Waals surface area contributed by atoms with Gasteiger partial charge in [0.25, 0.3) is 0 Å². The second-order valence-corrected chi connectivity index (χ2v) is 2.02. The average molecular weight is 325 g/mol. The van der Waals surface area contributed by atoms with Gasteiger partial charge in [-0.05, 0) is 6.42 Å². The summed E-state index contributed by atoms with van der Waals surface area (Å²) in [6.07, 6.45) is 6.56. The number of rotatable bonds is 5. The molecule has 1 nitrogen and oxygen atoms in total. The molecule has 0 aromatic rings. The summed E-state index contributed by atoms with van der Waals surface area (Å²) in [7, 11) is 0. The van der Waals surface area contributed by atoms with Crippen molar-refractivity contribution in [2.75, 3.05) is 0 Å². The van der Waals surface area contributed by atoms with Crippen LogP contribution < -0.4 is 0 Å². The van der Waals surface area contributed by atoms with Gasteiger partial charge >= 0.3 is 26.6 Å². The van der Waals surface area contributed by atoms with Crippen molar-refractivity contribution < 1.29 is 4.79 Å². The van der Waals surface area contributed by atoms with Crippen LogP contribution in [0.15, 0.2) is 0 Å². The van der Waals surface area contributed by atoms with Gasteiger partial charge in [-0.2, -0.15) is 0 Å². The van der Waals surface area contributed by atoms with E-state index in [4.69, 9.17) is 0 Å². The van der Waals surface area contributed by atoms with Crippen molar-refractivity contribution in [2.45, 2.75) is 39.0 Å². The van der Waals surface area contributed by atoms with Crippen LogP contribution >= 0.6 is 0 Å². The SMILES string of the molecule is CCCCCCC=O.[PoH2]. The van der Waals surface area contributed by atoms with Crippen LogP contribution in [-0.2, 0) is 4.79 Å². The zero-order valence-corrected chi connectivity index (χ0v) is 9.91. The monoisotopic (exact) mass is 325 g/mol. The second kappa shape index (κ2) is 11.4. The first-order chi connectivity index (χ1) is 3.91. The summed E-state index contributed by atoms with van der Waals surface area (Å²) < 4.78 is 0. The first-order valence-corrected chi connectivity index (χ1v) is 3.35. The molecule has 0 radical (unpaired) electrons. The van der Waals surface area contributed by atoms with E-state index in [1.165, 1.54) is 19.3 Å². The zero-order chi connectivity index (χ0) is 6.24. The Morgan fingerprint density at radius 3 is 2.33 bits per heavy atom. The molecule has 0 aliphatic heterocycles. The third-order valence-electron chi connectivity index (χ3n) is 1.18. The van der Waals surface area contributed by atoms with Crippen LogP contribution in [-0.4, -0.2) is 32.9 Å². The van der Waals surface area contributed by atoms with Crippen LogP contribution in [0.25, 0.3) is 0 Å². The van der Waals surface area contributed by atoms with E-state index in [1.54, 1.807) is 0 Å². The van der Waals surface area contributed by atoms with E-state index in [2.05, 4.69) is 6.92 Å². The molecule has 56 valence electrons. The van der Waals surface area contributed by atoms with Gasteiger partial charge in [0.2, 0.25) is 0 Å². The topological polar surface area (TPSA) is 17.1 Å². The molecule has 0 aliphatic rings. The Morgan fingerprint density at radius 2 is 1.89 bits per heavy atom. The molecule has 0 aromatic carbocycles. The van der Waals surface area contributed by atoms with Gasteiger partial charge in [-0.3, -0.25) is 0 Å². The first-order valence-electron chi connectivity index (χ1n) is 3.35. The molecule has 0 atom stereocenters. The van der Waals surface area contributed by atoms with Gasteiger partial charge in [-0.15, -0.1) is 0 Å². The van der Waals surface area contributed by atoms with Crippen LogP contribution in [0.4, 0.5) is 0 Å². The van der Waals surface area contributed by atoms with Crippen molar-refractivity contribution in [1.29, 1.82) is 0 Å². The van der Waals surface area contributed by atoms with E-state index in [1.807, 2.05) is 0 Å². The summed E-state index contributed by atoms with van der Waals surface area (Å²) in [6, 6.07) is 0. The van der Waals surface area contributed by atoms with Crippen molar-refractivity contribution in [2.24, 2.45) is 0 Å². The Balaban J connectivity index is 0. The standard InChI is InChI=1S/C7H14O.Po.2H/c1-2-3-4-5-6-7-8;;;/h7H,2-6H2,1H3;;;. The van der Waals surface area contributed by atoms with Crippen molar-refractivity contribution in [1.82, 2.24) is 0 Å². The Hall–Kier alpha value is 0.566. The van der Waals surface area contributed by atoms with Crippen LogP contribution in [0, 0.1) is 0 Å². The maximum absolute atomic E-state index is 9.77. The van der Waals surface area contributed by atoms with Crippen LogP contribution in [0.2, 0.25) is 0 Å². The Morgan fingerprint density at radius 1 is 1.22 bits per heavy atom. The molecule has 0 heterocycles. The van der Waals surface area contributed by atoms with Gasteiger partial charge in [0.15, 0.2) is 0 Å². The number of hydrogen-bond donors (Lipinski definition) is 0. The number of hydrogen-bond acceptors (Lipinski definition) is 1. The molecule has 9 heavy (non-hydrogen) atoms. The predicted molar refractivity (Wildman–Crippen MR) is 43.4 cm³/mol. The molecule has 0 saturated carbocycles. The van der Waals surface area contributed by atoms with Crippen LogP contribution in [0.5, 0.6) is 0 Å². The van der Waals surface area contributed by atoms with Crippen LogP contribution in [0.3, 0.4) is 0 Å². The van der Waals surface area contributed by atoms with Crippen LogP contribution in [0.1, 0.15) is 39.0 Å². The third kappa shape index (κ3) is 11.9. The number of carbonyl (C=O) groups excluding carboxylic acids is 1. The number of carbonyl (C=O) groups is 1. The molecule has 0 bridgehead atoms. The quantitative estimate of drug-likeness (QED) is 0.549.